The van der Waals surface area contributed by atoms with Crippen LogP contribution in [-0.2, 0) is 9.59 Å². The van der Waals surface area contributed by atoms with Gasteiger partial charge in [-0.05, 0) is 30.7 Å². The molecule has 1 fully saturated rings. The second-order valence-corrected chi connectivity index (χ2v) is 8.06. The number of aromatic nitrogens is 1. The second-order valence-electron chi connectivity index (χ2n) is 8.06. The van der Waals surface area contributed by atoms with Gasteiger partial charge in [0.15, 0.2) is 11.5 Å². The Bertz CT molecular complexity index is 1240. The van der Waals surface area contributed by atoms with E-state index < -0.39 is 17.7 Å². The number of hydrogen-bond acceptors (Lipinski definition) is 5. The number of aliphatic hydroxyl groups is 1. The maximum absolute atomic E-state index is 13.2. The lowest BCUT2D eigenvalue weighted by Crippen LogP contribution is -2.30. The highest BCUT2D eigenvalue weighted by molar-refractivity contribution is 6.46. The van der Waals surface area contributed by atoms with Gasteiger partial charge in [-0.1, -0.05) is 38.0 Å². The van der Waals surface area contributed by atoms with Gasteiger partial charge in [0.05, 0.1) is 11.6 Å². The Kier molecular flexibility index (Phi) is 5.09. The minimum atomic E-state index is -0.674. The lowest BCUT2D eigenvalue weighted by Gasteiger charge is -2.25. The molecule has 2 aromatic carbocycles. The first-order valence-electron chi connectivity index (χ1n) is 10.8. The summed E-state index contributed by atoms with van der Waals surface area (Å²) in [7, 11) is 0. The zero-order chi connectivity index (χ0) is 22.2. The number of para-hydroxylation sites is 1. The van der Waals surface area contributed by atoms with Crippen molar-refractivity contribution in [2.45, 2.75) is 32.2 Å². The molecule has 2 aliphatic rings. The molecule has 0 aliphatic carbocycles. The zero-order valence-corrected chi connectivity index (χ0v) is 17.8. The fraction of sp³-hybridized carbons (Fsp3) is 0.280. The number of hydrogen-bond donors (Lipinski definition) is 2. The van der Waals surface area contributed by atoms with Gasteiger partial charge in [0.1, 0.15) is 5.76 Å². The topological polar surface area (TPSA) is 91.9 Å². The van der Waals surface area contributed by atoms with Crippen LogP contribution in [0.4, 0.5) is 0 Å². The maximum Gasteiger partial charge on any atom is 0.295 e. The fourth-order valence-corrected chi connectivity index (χ4v) is 4.49. The van der Waals surface area contributed by atoms with Crippen LogP contribution in [0.25, 0.3) is 16.7 Å². The molecule has 7 nitrogen and oxygen atoms in total. The Balaban J connectivity index is 1.66. The molecule has 32 heavy (non-hydrogen) atoms. The molecule has 3 aromatic rings. The molecular weight excluding hydrogens is 408 g/mol. The van der Waals surface area contributed by atoms with Crippen molar-refractivity contribution in [3.63, 3.8) is 0 Å². The van der Waals surface area contributed by atoms with E-state index >= 15 is 0 Å². The Morgan fingerprint density at radius 1 is 1.12 bits per heavy atom. The van der Waals surface area contributed by atoms with E-state index in [9.17, 15) is 14.7 Å². The van der Waals surface area contributed by atoms with Crippen molar-refractivity contribution in [3.05, 3.63) is 65.4 Å². The van der Waals surface area contributed by atoms with Gasteiger partial charge in [0.2, 0.25) is 6.79 Å². The summed E-state index contributed by atoms with van der Waals surface area (Å²) < 4.78 is 10.8. The zero-order valence-electron chi connectivity index (χ0n) is 17.8. The van der Waals surface area contributed by atoms with E-state index in [-0.39, 0.29) is 18.1 Å². The highest BCUT2D eigenvalue weighted by Crippen LogP contribution is 2.43. The number of aliphatic hydroxyl groups excluding tert-OH is 1. The van der Waals surface area contributed by atoms with Crippen molar-refractivity contribution in [1.82, 2.24) is 9.88 Å². The standard InChI is InChI=1S/C25H24N2O5/c1-2-3-6-11-27-22(17-13-26-18-8-5-4-7-16(17)18)21(24(29)25(27)30)23(28)15-9-10-19-20(12-15)32-14-31-19/h4-5,7-10,12-13,22,26,28H,2-3,6,11,14H2,1H3/b23-21+. The van der Waals surface area contributed by atoms with Crippen molar-refractivity contribution in [2.75, 3.05) is 13.3 Å². The van der Waals surface area contributed by atoms with E-state index in [1.165, 1.54) is 0 Å². The fourth-order valence-electron chi connectivity index (χ4n) is 4.49. The van der Waals surface area contributed by atoms with Crippen molar-refractivity contribution >= 4 is 28.4 Å². The average Bonchev–Trinajstić information content (AvgIpc) is 3.51. The molecule has 7 heteroatoms. The molecule has 1 unspecified atom stereocenters. The van der Waals surface area contributed by atoms with E-state index in [0.717, 1.165) is 35.7 Å². The third kappa shape index (κ3) is 3.21. The molecule has 2 aliphatic heterocycles. The van der Waals surface area contributed by atoms with Crippen molar-refractivity contribution in [2.24, 2.45) is 0 Å². The second kappa shape index (κ2) is 8.07. The molecule has 0 saturated carbocycles. The average molecular weight is 432 g/mol. The van der Waals surface area contributed by atoms with E-state index in [1.54, 1.807) is 23.1 Å². The number of benzene rings is 2. The molecule has 1 atom stereocenters. The summed E-state index contributed by atoms with van der Waals surface area (Å²) in [5.74, 6) is -0.398. The van der Waals surface area contributed by atoms with Crippen molar-refractivity contribution in [1.29, 1.82) is 0 Å². The minimum absolute atomic E-state index is 0.0927. The summed E-state index contributed by atoms with van der Waals surface area (Å²) in [6.45, 7) is 2.64. The van der Waals surface area contributed by atoms with Gasteiger partial charge in [0.25, 0.3) is 11.7 Å². The number of carbonyl (C=O) groups is 2. The molecule has 0 spiro atoms. The number of H-pyrrole nitrogens is 1. The largest absolute Gasteiger partial charge is 0.507 e. The smallest absolute Gasteiger partial charge is 0.295 e. The molecule has 1 saturated heterocycles. The molecule has 1 amide bonds. The van der Waals surface area contributed by atoms with Crippen LogP contribution in [0.3, 0.4) is 0 Å². The molecule has 3 heterocycles. The lowest BCUT2D eigenvalue weighted by molar-refractivity contribution is -0.139. The molecule has 1 aromatic heterocycles. The van der Waals surface area contributed by atoms with Crippen molar-refractivity contribution < 1.29 is 24.2 Å². The van der Waals surface area contributed by atoms with Crippen LogP contribution in [0.1, 0.15) is 43.4 Å². The number of rotatable bonds is 6. The van der Waals surface area contributed by atoms with Crippen LogP contribution < -0.4 is 9.47 Å². The third-order valence-electron chi connectivity index (χ3n) is 6.10. The normalized spacial score (nSPS) is 19.3. The predicted octanol–water partition coefficient (Wildman–Crippen LogP) is 4.51. The Labute approximate surface area is 185 Å². The van der Waals surface area contributed by atoms with Crippen LogP contribution in [0, 0.1) is 0 Å². The SMILES string of the molecule is CCCCCN1C(=O)C(=O)/C(=C(/O)c2ccc3c(c2)OCO3)C1c1c[nH]c2ccccc12. The number of nitrogens with one attached hydrogen (secondary N) is 1. The van der Waals surface area contributed by atoms with Crippen LogP contribution >= 0.6 is 0 Å². The highest BCUT2D eigenvalue weighted by atomic mass is 16.7. The number of fused-ring (bicyclic) bond motifs is 2. The molecule has 0 bridgehead atoms. The highest BCUT2D eigenvalue weighted by Gasteiger charge is 2.46. The number of nitrogens with zero attached hydrogens (tertiary/aromatic N) is 1. The van der Waals surface area contributed by atoms with Gasteiger partial charge in [-0.25, -0.2) is 0 Å². The van der Waals surface area contributed by atoms with Crippen LogP contribution in [0.15, 0.2) is 54.2 Å². The third-order valence-corrected chi connectivity index (χ3v) is 6.10. The Morgan fingerprint density at radius 2 is 1.94 bits per heavy atom. The Hall–Kier alpha value is -3.74. The monoisotopic (exact) mass is 432 g/mol. The van der Waals surface area contributed by atoms with E-state index in [4.69, 9.17) is 9.47 Å². The summed E-state index contributed by atoms with van der Waals surface area (Å²) in [6.07, 6.45) is 4.55. The molecule has 0 radical (unpaired) electrons. The maximum atomic E-state index is 13.2. The summed E-state index contributed by atoms with van der Waals surface area (Å²) >= 11 is 0. The number of ketones is 1. The number of Topliss-reactive ketones (excluding diaryl/α,β-unsaturated/α-hetero) is 1. The first-order valence-corrected chi connectivity index (χ1v) is 10.8. The first kappa shape index (κ1) is 20.2. The van der Waals surface area contributed by atoms with Gasteiger partial charge < -0.3 is 24.5 Å². The van der Waals surface area contributed by atoms with E-state index in [0.29, 0.717) is 23.6 Å². The molecule has 2 N–H and O–H groups in total. The molecular formula is C25H24N2O5. The first-order chi connectivity index (χ1) is 15.6. The van der Waals surface area contributed by atoms with Crippen molar-refractivity contribution in [3.8, 4) is 11.5 Å². The number of carbonyl (C=O) groups excluding carboxylic acids is 2. The number of likely N-dealkylation sites (tertiary alicyclic amines) is 1. The molecule has 164 valence electrons. The molecule has 5 rings (SSSR count). The van der Waals surface area contributed by atoms with E-state index in [2.05, 4.69) is 11.9 Å². The summed E-state index contributed by atoms with van der Waals surface area (Å²) in [4.78, 5) is 31.0. The van der Waals surface area contributed by atoms with Gasteiger partial charge in [-0.2, -0.15) is 0 Å². The Morgan fingerprint density at radius 3 is 2.78 bits per heavy atom. The van der Waals surface area contributed by atoms with Gasteiger partial charge in [0, 0.05) is 34.8 Å². The van der Waals surface area contributed by atoms with Crippen LogP contribution in [0.2, 0.25) is 0 Å². The quantitative estimate of drug-likeness (QED) is 0.259. The van der Waals surface area contributed by atoms with Gasteiger partial charge >= 0.3 is 0 Å². The van der Waals surface area contributed by atoms with Crippen LogP contribution in [0.5, 0.6) is 11.5 Å². The summed E-state index contributed by atoms with van der Waals surface area (Å²) in [6, 6.07) is 12.1. The number of ether oxygens (including phenoxy) is 2. The summed E-state index contributed by atoms with van der Waals surface area (Å²) in [5.41, 5.74) is 2.20. The number of unbranched alkanes of at least 4 members (excludes halogenated alkanes) is 2. The minimum Gasteiger partial charge on any atom is -0.507 e. The number of aromatic amines is 1. The number of amides is 1. The van der Waals surface area contributed by atoms with Crippen LogP contribution in [-0.4, -0.2) is 40.0 Å². The van der Waals surface area contributed by atoms with E-state index in [1.807, 2.05) is 30.5 Å². The predicted molar refractivity (Wildman–Crippen MR) is 119 cm³/mol. The lowest BCUT2D eigenvalue weighted by atomic mass is 9.94. The van der Waals surface area contributed by atoms with Gasteiger partial charge in [-0.3, -0.25) is 9.59 Å². The summed E-state index contributed by atoms with van der Waals surface area (Å²) in [5, 5.41) is 12.2. The van der Waals surface area contributed by atoms with Gasteiger partial charge in [-0.15, -0.1) is 0 Å².